The van der Waals surface area contributed by atoms with Crippen molar-refractivity contribution in [1.82, 2.24) is 10.6 Å². The van der Waals surface area contributed by atoms with E-state index in [4.69, 9.17) is 0 Å². The number of nitrogens with one attached hydrogen (secondary N) is 2. The number of hydrogen-bond acceptors (Lipinski definition) is 2. The van der Waals surface area contributed by atoms with E-state index in [1.165, 1.54) is 44.9 Å². The Balaban J connectivity index is 1.58. The monoisotopic (exact) mass is 238 g/mol. The number of rotatable bonds is 6. The lowest BCUT2D eigenvalue weighted by Gasteiger charge is -2.28. The van der Waals surface area contributed by atoms with Gasteiger partial charge >= 0.3 is 0 Å². The standard InChI is InChI=1S/C14H26N2O/c1-11(12-5-3-2-4-6-12)16-14(17)9-10-15-13-7-8-13/h11-13,15H,2-10H2,1H3,(H,16,17)/t11-/m1/s1. The van der Waals surface area contributed by atoms with Crippen molar-refractivity contribution in [3.63, 3.8) is 0 Å². The van der Waals surface area contributed by atoms with Gasteiger partial charge in [0.2, 0.25) is 5.91 Å². The fourth-order valence-corrected chi connectivity index (χ4v) is 2.76. The predicted molar refractivity (Wildman–Crippen MR) is 69.8 cm³/mol. The van der Waals surface area contributed by atoms with Crippen LogP contribution in [0.1, 0.15) is 58.3 Å². The first kappa shape index (κ1) is 12.9. The Hall–Kier alpha value is -0.570. The van der Waals surface area contributed by atoms with Crippen LogP contribution >= 0.6 is 0 Å². The summed E-state index contributed by atoms with van der Waals surface area (Å²) in [7, 11) is 0. The molecule has 0 saturated heterocycles. The van der Waals surface area contributed by atoms with Crippen LogP contribution in [-0.4, -0.2) is 24.5 Å². The third-order valence-electron chi connectivity index (χ3n) is 4.11. The molecule has 1 atom stereocenters. The van der Waals surface area contributed by atoms with E-state index in [0.717, 1.165) is 6.54 Å². The highest BCUT2D eigenvalue weighted by Gasteiger charge is 2.22. The third-order valence-corrected chi connectivity index (χ3v) is 4.11. The van der Waals surface area contributed by atoms with Gasteiger partial charge in [0, 0.05) is 25.0 Å². The Bertz CT molecular complexity index is 245. The molecule has 0 aromatic rings. The molecule has 2 aliphatic carbocycles. The highest BCUT2D eigenvalue weighted by molar-refractivity contribution is 5.76. The molecule has 0 unspecified atom stereocenters. The molecule has 0 aromatic carbocycles. The molecular formula is C14H26N2O. The van der Waals surface area contributed by atoms with Gasteiger partial charge in [-0.1, -0.05) is 19.3 Å². The summed E-state index contributed by atoms with van der Waals surface area (Å²) in [5.74, 6) is 0.931. The minimum Gasteiger partial charge on any atom is -0.353 e. The summed E-state index contributed by atoms with van der Waals surface area (Å²) in [6, 6.07) is 1.07. The van der Waals surface area contributed by atoms with Crippen LogP contribution in [0.25, 0.3) is 0 Å². The first-order chi connectivity index (χ1) is 8.25. The average Bonchev–Trinajstić information content (AvgIpc) is 3.14. The maximum Gasteiger partial charge on any atom is 0.221 e. The number of hydrogen-bond donors (Lipinski definition) is 2. The van der Waals surface area contributed by atoms with E-state index in [2.05, 4.69) is 17.6 Å². The largest absolute Gasteiger partial charge is 0.353 e. The lowest BCUT2D eigenvalue weighted by Crippen LogP contribution is -2.40. The molecule has 2 rings (SSSR count). The number of amides is 1. The SMILES string of the molecule is C[C@@H](NC(=O)CCNC1CC1)C1CCCCC1. The van der Waals surface area contributed by atoms with Gasteiger partial charge < -0.3 is 10.6 Å². The molecule has 1 amide bonds. The Morgan fingerprint density at radius 1 is 1.18 bits per heavy atom. The summed E-state index contributed by atoms with van der Waals surface area (Å²) < 4.78 is 0. The summed E-state index contributed by atoms with van der Waals surface area (Å²) in [6.45, 7) is 3.01. The average molecular weight is 238 g/mol. The molecular weight excluding hydrogens is 212 g/mol. The number of carbonyl (C=O) groups is 1. The van der Waals surface area contributed by atoms with Crippen LogP contribution in [0.15, 0.2) is 0 Å². The Labute approximate surface area is 105 Å². The molecule has 17 heavy (non-hydrogen) atoms. The second-order valence-electron chi connectivity index (χ2n) is 5.73. The van der Waals surface area contributed by atoms with Gasteiger partial charge in [-0.2, -0.15) is 0 Å². The Morgan fingerprint density at radius 2 is 1.88 bits per heavy atom. The maximum absolute atomic E-state index is 11.7. The van der Waals surface area contributed by atoms with Gasteiger partial charge in [0.15, 0.2) is 0 Å². The van der Waals surface area contributed by atoms with Crippen molar-refractivity contribution in [3.05, 3.63) is 0 Å². The van der Waals surface area contributed by atoms with E-state index in [0.29, 0.717) is 24.4 Å². The zero-order valence-electron chi connectivity index (χ0n) is 11.0. The molecule has 0 aromatic heterocycles. The minimum absolute atomic E-state index is 0.219. The van der Waals surface area contributed by atoms with E-state index in [-0.39, 0.29) is 5.91 Å². The van der Waals surface area contributed by atoms with E-state index in [1.54, 1.807) is 0 Å². The summed E-state index contributed by atoms with van der Waals surface area (Å²) in [6.07, 6.45) is 9.86. The molecule has 0 heterocycles. The van der Waals surface area contributed by atoms with Gasteiger partial charge in [-0.3, -0.25) is 4.79 Å². The normalized spacial score (nSPS) is 23.4. The minimum atomic E-state index is 0.219. The highest BCUT2D eigenvalue weighted by atomic mass is 16.1. The molecule has 3 heteroatoms. The van der Waals surface area contributed by atoms with Crippen molar-refractivity contribution < 1.29 is 4.79 Å². The maximum atomic E-state index is 11.7. The second kappa shape index (κ2) is 6.39. The summed E-state index contributed by atoms with van der Waals surface area (Å²) in [5, 5.41) is 6.54. The van der Waals surface area contributed by atoms with Gasteiger partial charge in [0.05, 0.1) is 0 Å². The molecule has 0 aliphatic heterocycles. The van der Waals surface area contributed by atoms with Gasteiger partial charge in [-0.05, 0) is 38.5 Å². The van der Waals surface area contributed by atoms with Gasteiger partial charge in [0.25, 0.3) is 0 Å². The van der Waals surface area contributed by atoms with Crippen molar-refractivity contribution in [1.29, 1.82) is 0 Å². The van der Waals surface area contributed by atoms with Crippen LogP contribution in [-0.2, 0) is 4.79 Å². The lowest BCUT2D eigenvalue weighted by molar-refractivity contribution is -0.122. The smallest absolute Gasteiger partial charge is 0.221 e. The zero-order chi connectivity index (χ0) is 12.1. The molecule has 0 radical (unpaired) electrons. The first-order valence-corrected chi connectivity index (χ1v) is 7.28. The predicted octanol–water partition coefficient (Wildman–Crippen LogP) is 2.21. The van der Waals surface area contributed by atoms with Crippen LogP contribution in [0.2, 0.25) is 0 Å². The molecule has 3 nitrogen and oxygen atoms in total. The highest BCUT2D eigenvalue weighted by Crippen LogP contribution is 2.26. The third kappa shape index (κ3) is 4.66. The van der Waals surface area contributed by atoms with Crippen molar-refractivity contribution >= 4 is 5.91 Å². The molecule has 0 bridgehead atoms. The van der Waals surface area contributed by atoms with E-state index in [9.17, 15) is 4.79 Å². The summed E-state index contributed by atoms with van der Waals surface area (Å²) in [5.41, 5.74) is 0. The molecule has 2 aliphatic rings. The lowest BCUT2D eigenvalue weighted by atomic mass is 9.84. The van der Waals surface area contributed by atoms with Crippen molar-refractivity contribution in [2.24, 2.45) is 5.92 Å². The fraction of sp³-hybridized carbons (Fsp3) is 0.929. The fourth-order valence-electron chi connectivity index (χ4n) is 2.76. The van der Waals surface area contributed by atoms with E-state index < -0.39 is 0 Å². The second-order valence-corrected chi connectivity index (χ2v) is 5.73. The van der Waals surface area contributed by atoms with Crippen LogP contribution in [0, 0.1) is 5.92 Å². The summed E-state index contributed by atoms with van der Waals surface area (Å²) >= 11 is 0. The first-order valence-electron chi connectivity index (χ1n) is 7.28. The van der Waals surface area contributed by atoms with E-state index in [1.807, 2.05) is 0 Å². The van der Waals surface area contributed by atoms with Crippen LogP contribution in [0.3, 0.4) is 0 Å². The quantitative estimate of drug-likeness (QED) is 0.745. The molecule has 2 N–H and O–H groups in total. The van der Waals surface area contributed by atoms with Gasteiger partial charge in [-0.15, -0.1) is 0 Å². The number of carbonyl (C=O) groups excluding carboxylic acids is 1. The van der Waals surface area contributed by atoms with Gasteiger partial charge in [-0.25, -0.2) is 0 Å². The Kier molecular flexibility index (Phi) is 4.84. The van der Waals surface area contributed by atoms with Crippen molar-refractivity contribution in [3.8, 4) is 0 Å². The Morgan fingerprint density at radius 3 is 2.53 bits per heavy atom. The van der Waals surface area contributed by atoms with Crippen LogP contribution in [0.4, 0.5) is 0 Å². The molecule has 2 saturated carbocycles. The van der Waals surface area contributed by atoms with Crippen LogP contribution < -0.4 is 10.6 Å². The van der Waals surface area contributed by atoms with Crippen LogP contribution in [0.5, 0.6) is 0 Å². The van der Waals surface area contributed by atoms with Gasteiger partial charge in [0.1, 0.15) is 0 Å². The molecule has 98 valence electrons. The molecule has 2 fully saturated rings. The van der Waals surface area contributed by atoms with Crippen molar-refractivity contribution in [2.75, 3.05) is 6.54 Å². The summed E-state index contributed by atoms with van der Waals surface area (Å²) in [4.78, 5) is 11.7. The zero-order valence-corrected chi connectivity index (χ0v) is 11.0. The van der Waals surface area contributed by atoms with Crippen molar-refractivity contribution in [2.45, 2.75) is 70.4 Å². The molecule has 0 spiro atoms. The topological polar surface area (TPSA) is 41.1 Å². The van der Waals surface area contributed by atoms with E-state index >= 15 is 0 Å².